The fourth-order valence-corrected chi connectivity index (χ4v) is 35.2. The fraction of sp³-hybridized carbons (Fsp3) is 1.00. The van der Waals surface area contributed by atoms with Gasteiger partial charge >= 0.3 is 17.6 Å². The van der Waals surface area contributed by atoms with Gasteiger partial charge in [-0.05, 0) is 71.8 Å². The van der Waals surface area contributed by atoms with Gasteiger partial charge in [0.15, 0.2) is 0 Å². The molecule has 0 bridgehead atoms. The van der Waals surface area contributed by atoms with E-state index in [0.29, 0.717) is 0 Å². The predicted molar refractivity (Wildman–Crippen MR) is 281 cm³/mol. The number of hydrogen-bond donors (Lipinski definition) is 0. The van der Waals surface area contributed by atoms with Crippen molar-refractivity contribution in [2.75, 3.05) is 42.7 Å². The molecule has 0 aromatic carbocycles. The quantitative estimate of drug-likeness (QED) is 0.0330. The van der Waals surface area contributed by atoms with Crippen molar-refractivity contribution < 1.29 is 26.6 Å². The van der Waals surface area contributed by atoms with Crippen LogP contribution in [0.1, 0.15) is 219 Å². The van der Waals surface area contributed by atoms with Crippen molar-refractivity contribution in [2.45, 2.75) is 229 Å². The molecule has 0 spiro atoms. The van der Waals surface area contributed by atoms with E-state index in [1.165, 1.54) is 193 Å². The third kappa shape index (κ3) is 32.6. The van der Waals surface area contributed by atoms with Crippen LogP contribution in [0.4, 0.5) is 0 Å². The van der Waals surface area contributed by atoms with Gasteiger partial charge in [-0.15, -0.1) is 0 Å². The highest BCUT2D eigenvalue weighted by molar-refractivity contribution is 9.48. The SMILES string of the molecule is CCCCCCCCCCCCCCCCCC(SSSSSSSSC(CCCCCCCCCCCCCCCCC)[Si](OC)(OC)OC)[Si](OC)(OC)OC. The maximum atomic E-state index is 5.94. The summed E-state index contributed by atoms with van der Waals surface area (Å²) in [5, 5.41) is 0. The summed E-state index contributed by atoms with van der Waals surface area (Å²) in [6.07, 6.45) is 43.5. The van der Waals surface area contributed by atoms with Crippen molar-refractivity contribution in [1.29, 1.82) is 0 Å². The molecule has 58 heavy (non-hydrogen) atoms. The van der Waals surface area contributed by atoms with Gasteiger partial charge in [0.1, 0.15) is 0 Å². The fourth-order valence-electron chi connectivity index (χ4n) is 7.43. The normalized spacial score (nSPS) is 13.4. The maximum absolute atomic E-state index is 5.94. The molecule has 0 aliphatic carbocycles. The number of rotatable bonds is 49. The zero-order valence-corrected chi connectivity index (χ0v) is 47.0. The van der Waals surface area contributed by atoms with Crippen molar-refractivity contribution in [1.82, 2.24) is 0 Å². The van der Waals surface area contributed by atoms with Crippen LogP contribution in [0.25, 0.3) is 0 Å². The summed E-state index contributed by atoms with van der Waals surface area (Å²) in [5.74, 6) is 0. The van der Waals surface area contributed by atoms with E-state index in [1.54, 1.807) is 42.7 Å². The van der Waals surface area contributed by atoms with Crippen LogP contribution in [0.3, 0.4) is 0 Å². The maximum Gasteiger partial charge on any atom is 0.514 e. The Labute approximate surface area is 393 Å². The highest BCUT2D eigenvalue weighted by atomic mass is 34.0. The molecule has 0 saturated carbocycles. The van der Waals surface area contributed by atoms with Crippen LogP contribution in [-0.4, -0.2) is 70.0 Å². The van der Waals surface area contributed by atoms with E-state index in [1.807, 2.05) is 80.5 Å². The topological polar surface area (TPSA) is 55.4 Å². The van der Waals surface area contributed by atoms with E-state index >= 15 is 0 Å². The highest BCUT2D eigenvalue weighted by Crippen LogP contribution is 2.59. The van der Waals surface area contributed by atoms with Gasteiger partial charge in [0.2, 0.25) is 0 Å². The van der Waals surface area contributed by atoms with Crippen LogP contribution in [0.5, 0.6) is 0 Å². The molecular weight excluding hydrogens is 913 g/mol. The molecule has 6 nitrogen and oxygen atoms in total. The van der Waals surface area contributed by atoms with Crippen LogP contribution in [0, 0.1) is 0 Å². The second kappa shape index (κ2) is 46.5. The van der Waals surface area contributed by atoms with Crippen LogP contribution in [-0.2, 0) is 26.6 Å². The Hall–Kier alpha value is 2.99. The lowest BCUT2D eigenvalue weighted by molar-refractivity contribution is 0.120. The average molecular weight is 1000 g/mol. The van der Waals surface area contributed by atoms with Gasteiger partial charge in [-0.1, -0.05) is 228 Å². The minimum atomic E-state index is -2.74. The minimum Gasteiger partial charge on any atom is -0.376 e. The van der Waals surface area contributed by atoms with Gasteiger partial charge in [0.25, 0.3) is 0 Å². The summed E-state index contributed by atoms with van der Waals surface area (Å²) in [5.41, 5.74) is 0. The first-order valence-electron chi connectivity index (χ1n) is 23.1. The minimum absolute atomic E-state index is 0.214. The lowest BCUT2D eigenvalue weighted by Crippen LogP contribution is -2.52. The summed E-state index contributed by atoms with van der Waals surface area (Å²) < 4.78 is 35.7. The van der Waals surface area contributed by atoms with Gasteiger partial charge in [0.05, 0.1) is 9.75 Å². The van der Waals surface area contributed by atoms with Gasteiger partial charge in [-0.3, -0.25) is 0 Å². The summed E-state index contributed by atoms with van der Waals surface area (Å²) in [6, 6.07) is 0. The zero-order chi connectivity index (χ0) is 42.7. The molecule has 0 aliphatic rings. The van der Waals surface area contributed by atoms with Gasteiger partial charge in [-0.2, -0.15) is 0 Å². The molecular formula is C42H90O6S8Si2. The molecule has 0 heterocycles. The van der Waals surface area contributed by atoms with Gasteiger partial charge < -0.3 is 26.6 Å². The van der Waals surface area contributed by atoms with Crippen LogP contribution >= 0.6 is 80.5 Å². The van der Waals surface area contributed by atoms with Crippen molar-refractivity contribution in [3.8, 4) is 0 Å². The second-order valence-corrected chi connectivity index (χ2v) is 35.9. The second-order valence-electron chi connectivity index (χ2n) is 15.5. The molecule has 2 unspecified atom stereocenters. The number of hydrogen-bond acceptors (Lipinski definition) is 14. The van der Waals surface area contributed by atoms with E-state index in [9.17, 15) is 0 Å². The van der Waals surface area contributed by atoms with Gasteiger partial charge in [-0.25, -0.2) is 0 Å². The molecule has 0 fully saturated rings. The first-order valence-corrected chi connectivity index (χ1v) is 37.0. The Kier molecular flexibility index (Phi) is 48.9. The summed E-state index contributed by atoms with van der Waals surface area (Å²) in [7, 11) is 19.6. The van der Waals surface area contributed by atoms with Gasteiger partial charge in [0, 0.05) is 42.7 Å². The molecule has 0 saturated heterocycles. The Bertz CT molecular complexity index is 747. The predicted octanol–water partition coefficient (Wildman–Crippen LogP) is 18.4. The molecule has 0 amide bonds. The van der Waals surface area contributed by atoms with E-state index in [4.69, 9.17) is 26.6 Å². The Morgan fingerprint density at radius 2 is 0.466 bits per heavy atom. The van der Waals surface area contributed by atoms with E-state index in [0.717, 1.165) is 12.8 Å². The molecule has 0 radical (unpaired) electrons. The zero-order valence-electron chi connectivity index (χ0n) is 38.5. The molecule has 350 valence electrons. The number of unbranched alkanes of at least 4 members (excludes halogenated alkanes) is 28. The monoisotopic (exact) mass is 1000 g/mol. The molecule has 0 aromatic heterocycles. The third-order valence-corrected chi connectivity index (χ3v) is 35.6. The summed E-state index contributed by atoms with van der Waals surface area (Å²) >= 11 is 0. The van der Waals surface area contributed by atoms with E-state index in [2.05, 4.69) is 13.8 Å². The standard InChI is InChI=1S/C42H90O6S8Si2/c1-9-11-13-15-17-19-21-23-25-27-29-31-33-35-37-39-41(57(43-3,44-4)45-5)49-51-53-55-56-54-52-50-42(58(46-6,47-7)48-8)40-38-36-34-32-30-28-26-24-22-20-18-16-14-12-10-2/h41-42H,9-40H2,1-8H3. The van der Waals surface area contributed by atoms with Crippen molar-refractivity contribution in [3.05, 3.63) is 0 Å². The molecule has 0 N–H and O–H groups in total. The lowest BCUT2D eigenvalue weighted by Gasteiger charge is -2.31. The van der Waals surface area contributed by atoms with Crippen molar-refractivity contribution >= 4 is 98.2 Å². The first kappa shape index (κ1) is 61.0. The Morgan fingerprint density at radius 3 is 0.672 bits per heavy atom. The first-order chi connectivity index (χ1) is 28.5. The van der Waals surface area contributed by atoms with Crippen LogP contribution < -0.4 is 0 Å². The van der Waals surface area contributed by atoms with Crippen molar-refractivity contribution in [2.24, 2.45) is 0 Å². The Morgan fingerprint density at radius 1 is 0.276 bits per heavy atom. The van der Waals surface area contributed by atoms with E-state index in [-0.39, 0.29) is 9.75 Å². The van der Waals surface area contributed by atoms with E-state index < -0.39 is 17.6 Å². The molecule has 2 atom stereocenters. The highest BCUT2D eigenvalue weighted by Gasteiger charge is 2.48. The molecule has 16 heteroatoms. The average Bonchev–Trinajstić information content (AvgIpc) is 3.25. The third-order valence-electron chi connectivity index (χ3n) is 11.1. The van der Waals surface area contributed by atoms with Crippen molar-refractivity contribution in [3.63, 3.8) is 0 Å². The summed E-state index contributed by atoms with van der Waals surface area (Å²) in [6.45, 7) is 4.59. The molecule has 0 aromatic rings. The molecule has 0 aliphatic heterocycles. The Balaban J connectivity index is 4.33. The molecule has 0 rings (SSSR count). The van der Waals surface area contributed by atoms with Crippen LogP contribution in [0.15, 0.2) is 0 Å². The summed E-state index contributed by atoms with van der Waals surface area (Å²) in [4.78, 5) is 0.427. The lowest BCUT2D eigenvalue weighted by atomic mass is 10.0. The van der Waals surface area contributed by atoms with Crippen LogP contribution in [0.2, 0.25) is 0 Å². The smallest absolute Gasteiger partial charge is 0.376 e. The largest absolute Gasteiger partial charge is 0.514 e.